The van der Waals surface area contributed by atoms with Gasteiger partial charge in [-0.05, 0) is 44.6 Å². The highest BCUT2D eigenvalue weighted by Gasteiger charge is 2.47. The van der Waals surface area contributed by atoms with E-state index in [1.807, 2.05) is 35.2 Å². The molecule has 1 aromatic carbocycles. The van der Waals surface area contributed by atoms with Crippen LogP contribution < -0.4 is 0 Å². The number of benzene rings is 1. The Morgan fingerprint density at radius 3 is 2.58 bits per heavy atom. The second-order valence-corrected chi connectivity index (χ2v) is 6.92. The molecule has 2 atom stereocenters. The third kappa shape index (κ3) is 3.73. The van der Waals surface area contributed by atoms with E-state index < -0.39 is 5.60 Å². The zero-order chi connectivity index (χ0) is 17.0. The van der Waals surface area contributed by atoms with Gasteiger partial charge in [0.1, 0.15) is 6.61 Å². The molecule has 4 heteroatoms. The minimum atomic E-state index is -0.769. The second-order valence-electron chi connectivity index (χ2n) is 6.92. The molecule has 2 fully saturated rings. The van der Waals surface area contributed by atoms with Gasteiger partial charge in [0.2, 0.25) is 0 Å². The zero-order valence-corrected chi connectivity index (χ0v) is 14.2. The van der Waals surface area contributed by atoms with Gasteiger partial charge < -0.3 is 14.7 Å². The second kappa shape index (κ2) is 7.27. The van der Waals surface area contributed by atoms with Crippen LogP contribution in [0.1, 0.15) is 51.0 Å². The number of amides is 1. The lowest BCUT2D eigenvalue weighted by atomic mass is 9.74. The van der Waals surface area contributed by atoms with Gasteiger partial charge in [0.15, 0.2) is 0 Å². The average molecular weight is 327 g/mol. The third-order valence-corrected chi connectivity index (χ3v) is 5.10. The Morgan fingerprint density at radius 2 is 1.96 bits per heavy atom. The molecule has 2 bridgehead atoms. The Labute approximate surface area is 143 Å². The molecular weight excluding hydrogens is 302 g/mol. The van der Waals surface area contributed by atoms with Crippen LogP contribution in [0, 0.1) is 11.8 Å². The molecule has 2 saturated heterocycles. The SMILES string of the molecule is CC#CCC1(O)CC2CCCC(C1)N2C(=O)OCc1ccccc1. The monoisotopic (exact) mass is 327 g/mol. The van der Waals surface area contributed by atoms with E-state index in [2.05, 4.69) is 11.8 Å². The normalized spacial score (nSPS) is 28.7. The van der Waals surface area contributed by atoms with Gasteiger partial charge in [-0.3, -0.25) is 0 Å². The molecule has 1 amide bonds. The van der Waals surface area contributed by atoms with Crippen molar-refractivity contribution in [2.75, 3.05) is 0 Å². The Bertz CT molecular complexity index is 617. The first kappa shape index (κ1) is 16.9. The van der Waals surface area contributed by atoms with Crippen molar-refractivity contribution in [1.82, 2.24) is 4.90 Å². The molecule has 24 heavy (non-hydrogen) atoms. The largest absolute Gasteiger partial charge is 0.445 e. The highest BCUT2D eigenvalue weighted by molar-refractivity contribution is 5.69. The van der Waals surface area contributed by atoms with Crippen LogP contribution >= 0.6 is 0 Å². The summed E-state index contributed by atoms with van der Waals surface area (Å²) in [6.45, 7) is 2.08. The average Bonchev–Trinajstić information content (AvgIpc) is 2.58. The number of aliphatic hydroxyl groups is 1. The molecule has 1 N–H and O–H groups in total. The van der Waals surface area contributed by atoms with Gasteiger partial charge in [-0.1, -0.05) is 30.3 Å². The molecule has 3 rings (SSSR count). The smallest absolute Gasteiger partial charge is 0.410 e. The van der Waals surface area contributed by atoms with E-state index in [1.165, 1.54) is 0 Å². The molecule has 0 radical (unpaired) electrons. The lowest BCUT2D eigenvalue weighted by Gasteiger charge is -2.50. The van der Waals surface area contributed by atoms with Crippen molar-refractivity contribution in [3.05, 3.63) is 35.9 Å². The van der Waals surface area contributed by atoms with E-state index in [0.717, 1.165) is 24.8 Å². The van der Waals surface area contributed by atoms with E-state index in [9.17, 15) is 9.90 Å². The lowest BCUT2D eigenvalue weighted by Crippen LogP contribution is -2.59. The molecule has 2 aliphatic heterocycles. The van der Waals surface area contributed by atoms with Crippen LogP contribution in [-0.4, -0.2) is 33.8 Å². The fourth-order valence-corrected chi connectivity index (χ4v) is 4.02. The fourth-order valence-electron chi connectivity index (χ4n) is 4.02. The summed E-state index contributed by atoms with van der Waals surface area (Å²) in [6.07, 6.45) is 4.39. The number of fused-ring (bicyclic) bond motifs is 2. The number of piperidine rings is 2. The van der Waals surface area contributed by atoms with Crippen LogP contribution in [0.15, 0.2) is 30.3 Å². The molecule has 0 spiro atoms. The molecule has 4 nitrogen and oxygen atoms in total. The van der Waals surface area contributed by atoms with Crippen LogP contribution in [0.4, 0.5) is 4.79 Å². The number of hydrogen-bond acceptors (Lipinski definition) is 3. The van der Waals surface area contributed by atoms with Crippen LogP contribution in [0.2, 0.25) is 0 Å². The summed E-state index contributed by atoms with van der Waals surface area (Å²) in [6, 6.07) is 9.84. The van der Waals surface area contributed by atoms with Crippen LogP contribution in [0.3, 0.4) is 0 Å². The lowest BCUT2D eigenvalue weighted by molar-refractivity contribution is -0.0822. The Hall–Kier alpha value is -1.99. The maximum absolute atomic E-state index is 12.6. The van der Waals surface area contributed by atoms with Gasteiger partial charge in [0, 0.05) is 18.5 Å². The van der Waals surface area contributed by atoms with Gasteiger partial charge in [-0.25, -0.2) is 4.79 Å². The molecule has 128 valence electrons. The molecule has 0 aromatic heterocycles. The Morgan fingerprint density at radius 1 is 1.29 bits per heavy atom. The first-order valence-corrected chi connectivity index (χ1v) is 8.72. The van der Waals surface area contributed by atoms with Crippen molar-refractivity contribution in [1.29, 1.82) is 0 Å². The molecular formula is C20H25NO3. The van der Waals surface area contributed by atoms with Gasteiger partial charge >= 0.3 is 6.09 Å². The van der Waals surface area contributed by atoms with Crippen LogP contribution in [0.25, 0.3) is 0 Å². The number of carbonyl (C=O) groups is 1. The van der Waals surface area contributed by atoms with E-state index in [0.29, 0.717) is 25.9 Å². The summed E-state index contributed by atoms with van der Waals surface area (Å²) >= 11 is 0. The number of ether oxygens (including phenoxy) is 1. The molecule has 2 aliphatic rings. The standard InChI is InChI=1S/C20H25NO3/c1-2-3-12-20(23)13-17-10-7-11-18(14-20)21(17)19(22)24-15-16-8-5-4-6-9-16/h4-6,8-9,17-18,23H,7,10-15H2,1H3. The molecule has 2 unspecified atom stereocenters. The summed E-state index contributed by atoms with van der Waals surface area (Å²) in [5, 5.41) is 10.8. The first-order valence-electron chi connectivity index (χ1n) is 8.72. The number of rotatable bonds is 3. The van der Waals surface area contributed by atoms with E-state index in [1.54, 1.807) is 6.92 Å². The summed E-state index contributed by atoms with van der Waals surface area (Å²) in [7, 11) is 0. The van der Waals surface area contributed by atoms with Crippen LogP contribution in [0.5, 0.6) is 0 Å². The van der Waals surface area contributed by atoms with E-state index >= 15 is 0 Å². The Balaban J connectivity index is 1.65. The van der Waals surface area contributed by atoms with Crippen molar-refractivity contribution in [2.24, 2.45) is 0 Å². The predicted molar refractivity (Wildman–Crippen MR) is 92.1 cm³/mol. The van der Waals surface area contributed by atoms with E-state index in [4.69, 9.17) is 4.74 Å². The van der Waals surface area contributed by atoms with Crippen LogP contribution in [-0.2, 0) is 11.3 Å². The maximum atomic E-state index is 12.6. The van der Waals surface area contributed by atoms with E-state index in [-0.39, 0.29) is 18.2 Å². The number of hydrogen-bond donors (Lipinski definition) is 1. The highest BCUT2D eigenvalue weighted by atomic mass is 16.6. The van der Waals surface area contributed by atoms with Crippen molar-refractivity contribution in [2.45, 2.75) is 69.7 Å². The quantitative estimate of drug-likeness (QED) is 0.865. The summed E-state index contributed by atoms with van der Waals surface area (Å²) < 4.78 is 5.53. The number of carbonyl (C=O) groups excluding carboxylic acids is 1. The topological polar surface area (TPSA) is 49.8 Å². The van der Waals surface area contributed by atoms with Crippen molar-refractivity contribution in [3.63, 3.8) is 0 Å². The van der Waals surface area contributed by atoms with Gasteiger partial charge in [-0.2, -0.15) is 0 Å². The predicted octanol–water partition coefficient (Wildman–Crippen LogP) is 3.48. The highest BCUT2D eigenvalue weighted by Crippen LogP contribution is 2.41. The molecule has 2 heterocycles. The number of nitrogens with zero attached hydrogens (tertiary/aromatic N) is 1. The summed E-state index contributed by atoms with van der Waals surface area (Å²) in [4.78, 5) is 14.5. The molecule has 1 aromatic rings. The first-order chi connectivity index (χ1) is 11.6. The van der Waals surface area contributed by atoms with Crippen molar-refractivity contribution < 1.29 is 14.6 Å². The van der Waals surface area contributed by atoms with Gasteiger partial charge in [-0.15, -0.1) is 11.8 Å². The Kier molecular flexibility index (Phi) is 5.11. The maximum Gasteiger partial charge on any atom is 0.410 e. The minimum absolute atomic E-state index is 0.0597. The van der Waals surface area contributed by atoms with Crippen molar-refractivity contribution >= 4 is 6.09 Å². The third-order valence-electron chi connectivity index (χ3n) is 5.10. The summed E-state index contributed by atoms with van der Waals surface area (Å²) in [5.74, 6) is 5.87. The molecule has 0 aliphatic carbocycles. The summed E-state index contributed by atoms with van der Waals surface area (Å²) in [5.41, 5.74) is 0.220. The van der Waals surface area contributed by atoms with Crippen molar-refractivity contribution in [3.8, 4) is 11.8 Å². The minimum Gasteiger partial charge on any atom is -0.445 e. The van der Waals surface area contributed by atoms with Gasteiger partial charge in [0.05, 0.1) is 5.60 Å². The molecule has 0 saturated carbocycles. The zero-order valence-electron chi connectivity index (χ0n) is 14.2. The fraction of sp³-hybridized carbons (Fsp3) is 0.550. The van der Waals surface area contributed by atoms with Gasteiger partial charge in [0.25, 0.3) is 0 Å².